The van der Waals surface area contributed by atoms with Crippen LogP contribution in [0.15, 0.2) is 0 Å². The minimum Gasteiger partial charge on any atom is -0.453 e. The number of hydrogen-bond donors (Lipinski definition) is 2. The predicted octanol–water partition coefficient (Wildman–Crippen LogP) is 6.07. The maximum absolute atomic E-state index is 11.9. The summed E-state index contributed by atoms with van der Waals surface area (Å²) in [6.07, 6.45) is 19.9. The maximum Gasteiger partial charge on any atom is 0.306 e. The molecule has 1 amide bonds. The van der Waals surface area contributed by atoms with E-state index in [1.54, 1.807) is 6.92 Å². The van der Waals surface area contributed by atoms with Crippen LogP contribution in [0.4, 0.5) is 0 Å². The Hall–Kier alpha value is -1.10. The monoisotopic (exact) mass is 427 g/mol. The number of amides is 1. The lowest BCUT2D eigenvalue weighted by Crippen LogP contribution is -2.36. The minimum absolute atomic E-state index is 0.221. The molecule has 30 heavy (non-hydrogen) atoms. The van der Waals surface area contributed by atoms with Crippen LogP contribution in [0.25, 0.3) is 0 Å². The first-order valence-corrected chi connectivity index (χ1v) is 12.7. The third kappa shape index (κ3) is 20.2. The van der Waals surface area contributed by atoms with Crippen molar-refractivity contribution in [3.8, 4) is 0 Å². The Morgan fingerprint density at radius 1 is 0.733 bits per heavy atom. The van der Waals surface area contributed by atoms with Gasteiger partial charge in [0.1, 0.15) is 0 Å². The third-order valence-electron chi connectivity index (χ3n) is 5.55. The summed E-state index contributed by atoms with van der Waals surface area (Å²) in [5, 5.41) is 11.5. The molecule has 1 unspecified atom stereocenters. The number of nitrogens with one attached hydrogen (secondary N) is 1. The number of esters is 1. The lowest BCUT2D eigenvalue weighted by Gasteiger charge is -2.13. The molecule has 0 aliphatic heterocycles. The van der Waals surface area contributed by atoms with E-state index in [9.17, 15) is 9.59 Å². The molecule has 0 aromatic rings. The van der Waals surface area contributed by atoms with Crippen LogP contribution < -0.4 is 5.32 Å². The normalized spacial score (nSPS) is 12.0. The topological polar surface area (TPSA) is 75.6 Å². The van der Waals surface area contributed by atoms with Gasteiger partial charge in [-0.15, -0.1) is 0 Å². The first kappa shape index (κ1) is 28.9. The Morgan fingerprint density at radius 3 is 1.73 bits per heavy atom. The fourth-order valence-corrected chi connectivity index (χ4v) is 3.54. The van der Waals surface area contributed by atoms with Crippen LogP contribution in [0.2, 0.25) is 0 Å². The van der Waals surface area contributed by atoms with Crippen LogP contribution in [0.3, 0.4) is 0 Å². The molecule has 0 aromatic heterocycles. The van der Waals surface area contributed by atoms with E-state index in [2.05, 4.69) is 12.2 Å². The zero-order valence-electron chi connectivity index (χ0n) is 19.9. The lowest BCUT2D eigenvalue weighted by atomic mass is 10.0. The van der Waals surface area contributed by atoms with Gasteiger partial charge >= 0.3 is 5.97 Å². The van der Waals surface area contributed by atoms with E-state index in [0.29, 0.717) is 13.0 Å². The fourth-order valence-electron chi connectivity index (χ4n) is 3.54. The van der Waals surface area contributed by atoms with Gasteiger partial charge in [-0.1, -0.05) is 96.8 Å². The smallest absolute Gasteiger partial charge is 0.306 e. The van der Waals surface area contributed by atoms with E-state index in [1.165, 1.54) is 70.6 Å². The highest BCUT2D eigenvalue weighted by Gasteiger charge is 2.16. The summed E-state index contributed by atoms with van der Waals surface area (Å²) in [4.78, 5) is 23.8. The molecule has 0 fully saturated rings. The Labute approximate surface area is 185 Å². The zero-order chi connectivity index (χ0) is 22.3. The van der Waals surface area contributed by atoms with E-state index in [0.717, 1.165) is 38.5 Å². The number of hydrogen-bond acceptors (Lipinski definition) is 4. The van der Waals surface area contributed by atoms with Gasteiger partial charge in [0.25, 0.3) is 5.91 Å². The van der Waals surface area contributed by atoms with Crippen molar-refractivity contribution in [1.29, 1.82) is 0 Å². The van der Waals surface area contributed by atoms with Crippen molar-refractivity contribution in [2.24, 2.45) is 0 Å². The molecule has 0 saturated heterocycles. The molecule has 5 heteroatoms. The zero-order valence-corrected chi connectivity index (χ0v) is 19.9. The molecule has 0 radical (unpaired) electrons. The quantitative estimate of drug-likeness (QED) is 0.162. The summed E-state index contributed by atoms with van der Waals surface area (Å²) in [6.45, 7) is 4.70. The fraction of sp³-hybridized carbons (Fsp3) is 0.920. The summed E-state index contributed by atoms with van der Waals surface area (Å²) < 4.78 is 5.23. The van der Waals surface area contributed by atoms with Crippen LogP contribution >= 0.6 is 0 Å². The molecule has 0 bridgehead atoms. The molecule has 2 N–H and O–H groups in total. The van der Waals surface area contributed by atoms with Crippen LogP contribution in [0, 0.1) is 0 Å². The number of unbranched alkanes of at least 4 members (excludes halogenated alkanes) is 15. The van der Waals surface area contributed by atoms with Crippen LogP contribution in [-0.4, -0.2) is 36.2 Å². The number of aliphatic hydroxyl groups excluding tert-OH is 1. The van der Waals surface area contributed by atoms with Gasteiger partial charge in [-0.3, -0.25) is 9.59 Å². The van der Waals surface area contributed by atoms with Gasteiger partial charge in [0.05, 0.1) is 0 Å². The van der Waals surface area contributed by atoms with E-state index >= 15 is 0 Å². The summed E-state index contributed by atoms with van der Waals surface area (Å²) in [5.74, 6) is -0.500. The highest BCUT2D eigenvalue weighted by Crippen LogP contribution is 2.13. The van der Waals surface area contributed by atoms with Crippen LogP contribution in [0.5, 0.6) is 0 Å². The summed E-state index contributed by atoms with van der Waals surface area (Å²) in [6, 6.07) is 0. The van der Waals surface area contributed by atoms with Crippen molar-refractivity contribution < 1.29 is 19.4 Å². The van der Waals surface area contributed by atoms with E-state index < -0.39 is 6.10 Å². The Bertz CT molecular complexity index is 401. The maximum atomic E-state index is 11.9. The number of rotatable bonds is 22. The predicted molar refractivity (Wildman–Crippen MR) is 124 cm³/mol. The van der Waals surface area contributed by atoms with Crippen molar-refractivity contribution in [2.75, 3.05) is 13.2 Å². The van der Waals surface area contributed by atoms with Gasteiger partial charge in [-0.2, -0.15) is 0 Å². The molecule has 0 aliphatic carbocycles. The van der Waals surface area contributed by atoms with Gasteiger partial charge in [-0.25, -0.2) is 0 Å². The van der Waals surface area contributed by atoms with Crippen LogP contribution in [0.1, 0.15) is 129 Å². The van der Waals surface area contributed by atoms with Gasteiger partial charge in [-0.05, 0) is 26.2 Å². The second kappa shape index (κ2) is 22.6. The average molecular weight is 428 g/mol. The molecule has 0 aliphatic rings. The first-order chi connectivity index (χ1) is 14.6. The van der Waals surface area contributed by atoms with Gasteiger partial charge < -0.3 is 15.2 Å². The van der Waals surface area contributed by atoms with Gasteiger partial charge in [0, 0.05) is 19.6 Å². The molecule has 0 heterocycles. The van der Waals surface area contributed by atoms with Crippen molar-refractivity contribution in [1.82, 2.24) is 5.32 Å². The van der Waals surface area contributed by atoms with E-state index in [4.69, 9.17) is 9.84 Å². The number of ether oxygens (including phenoxy) is 1. The van der Waals surface area contributed by atoms with Crippen molar-refractivity contribution in [3.05, 3.63) is 0 Å². The van der Waals surface area contributed by atoms with E-state index in [1.807, 2.05) is 0 Å². The molecule has 1 atom stereocenters. The van der Waals surface area contributed by atoms with Crippen molar-refractivity contribution >= 4 is 11.9 Å². The third-order valence-corrected chi connectivity index (χ3v) is 5.55. The molecular weight excluding hydrogens is 378 g/mol. The highest BCUT2D eigenvalue weighted by atomic mass is 16.5. The molecule has 0 saturated carbocycles. The first-order valence-electron chi connectivity index (χ1n) is 12.7. The van der Waals surface area contributed by atoms with Crippen molar-refractivity contribution in [3.63, 3.8) is 0 Å². The van der Waals surface area contributed by atoms with Crippen LogP contribution in [-0.2, 0) is 14.3 Å². The summed E-state index contributed by atoms with van der Waals surface area (Å²) >= 11 is 0. The molecule has 0 rings (SSSR count). The Balaban J connectivity index is 3.44. The summed E-state index contributed by atoms with van der Waals surface area (Å²) in [5.41, 5.74) is 0. The largest absolute Gasteiger partial charge is 0.453 e. The highest BCUT2D eigenvalue weighted by molar-refractivity contribution is 5.83. The Morgan fingerprint density at radius 2 is 1.20 bits per heavy atom. The second-order valence-electron chi connectivity index (χ2n) is 8.55. The summed E-state index contributed by atoms with van der Waals surface area (Å²) in [7, 11) is 0. The SMILES string of the molecule is CCCCCCCCCCCCCCCC(=O)OC(C)C(=O)NCCCCCCO. The second-order valence-corrected chi connectivity index (χ2v) is 8.55. The number of carbonyl (C=O) groups excluding carboxylic acids is 2. The van der Waals surface area contributed by atoms with Crippen molar-refractivity contribution in [2.45, 2.75) is 136 Å². The molecule has 5 nitrogen and oxygen atoms in total. The van der Waals surface area contributed by atoms with Gasteiger partial charge in [0.15, 0.2) is 6.10 Å². The molecule has 178 valence electrons. The van der Waals surface area contributed by atoms with E-state index in [-0.39, 0.29) is 18.5 Å². The molecule has 0 aromatic carbocycles. The van der Waals surface area contributed by atoms with Gasteiger partial charge in [0.2, 0.25) is 0 Å². The molecule has 0 spiro atoms. The minimum atomic E-state index is -0.725. The standard InChI is InChI=1S/C25H49NO4/c1-3-4-5-6-7-8-9-10-11-12-13-14-17-20-24(28)30-23(2)25(29)26-21-18-15-16-19-22-27/h23,27H,3-22H2,1-2H3,(H,26,29). The number of aliphatic hydroxyl groups is 1. The average Bonchev–Trinajstić information content (AvgIpc) is 2.73. The number of carbonyl (C=O) groups is 2. The Kier molecular flexibility index (Phi) is 21.8. The lowest BCUT2D eigenvalue weighted by molar-refractivity contribution is -0.154. The molecular formula is C25H49NO4.